The molecule has 9 heavy (non-hydrogen) atoms. The molecule has 2 unspecified atom stereocenters. The maximum absolute atomic E-state index is 8.99. The predicted molar refractivity (Wildman–Crippen MR) is 34.7 cm³/mol. The number of rotatable bonds is 2. The summed E-state index contributed by atoms with van der Waals surface area (Å²) in [4.78, 5) is 0. The lowest BCUT2D eigenvalue weighted by Crippen LogP contribution is -2.27. The highest BCUT2D eigenvalue weighted by molar-refractivity contribution is 8.01. The van der Waals surface area contributed by atoms with E-state index in [9.17, 15) is 0 Å². The molecule has 0 aromatic carbocycles. The third-order valence-electron chi connectivity index (χ3n) is 1.18. The van der Waals surface area contributed by atoms with Crippen LogP contribution >= 0.6 is 11.8 Å². The summed E-state index contributed by atoms with van der Waals surface area (Å²) in [5.74, 6) is 1.59. The first-order chi connectivity index (χ1) is 4.34. The number of aliphatic hydroxyl groups excluding tert-OH is 2. The molecule has 1 radical (unpaired) electrons. The quantitative estimate of drug-likeness (QED) is 0.560. The smallest absolute Gasteiger partial charge is 0.139 e. The monoisotopic (exact) mass is 149 g/mol. The minimum atomic E-state index is -0.645. The summed E-state index contributed by atoms with van der Waals surface area (Å²) in [7, 11) is 0. The molecule has 1 aliphatic rings. The lowest BCUT2D eigenvalue weighted by Gasteiger charge is -2.10. The zero-order valence-corrected chi connectivity index (χ0v) is 5.67. The lowest BCUT2D eigenvalue weighted by atomic mass is 10.3. The van der Waals surface area contributed by atoms with Crippen LogP contribution in [0.4, 0.5) is 0 Å². The fourth-order valence-electron chi connectivity index (χ4n) is 0.603. The number of thioether (sulfide) groups is 1. The Bertz CT molecular complexity index is 82.3. The Hall–Kier alpha value is 0.230. The lowest BCUT2D eigenvalue weighted by molar-refractivity contribution is 0.0788. The Morgan fingerprint density at radius 1 is 1.89 bits per heavy atom. The molecule has 1 rings (SSSR count). The zero-order chi connectivity index (χ0) is 6.69. The average Bonchev–Trinajstić information content (AvgIpc) is 2.37. The molecule has 0 aromatic heterocycles. The van der Waals surface area contributed by atoms with E-state index in [2.05, 4.69) is 0 Å². The molecule has 0 aliphatic carbocycles. The van der Waals surface area contributed by atoms with Crippen LogP contribution in [-0.2, 0) is 4.74 Å². The van der Waals surface area contributed by atoms with Crippen molar-refractivity contribution < 1.29 is 14.9 Å². The van der Waals surface area contributed by atoms with Gasteiger partial charge in [-0.25, -0.2) is 0 Å². The average molecular weight is 149 g/mol. The second kappa shape index (κ2) is 3.41. The molecule has 0 saturated carbocycles. The van der Waals surface area contributed by atoms with Gasteiger partial charge in [-0.05, 0) is 0 Å². The van der Waals surface area contributed by atoms with E-state index < -0.39 is 6.10 Å². The first kappa shape index (κ1) is 7.34. The van der Waals surface area contributed by atoms with E-state index in [1.165, 1.54) is 11.8 Å². The van der Waals surface area contributed by atoms with E-state index in [-0.39, 0.29) is 11.9 Å². The molecule has 4 heteroatoms. The molecule has 1 aliphatic heterocycles. The number of hydrogen-bond acceptors (Lipinski definition) is 4. The van der Waals surface area contributed by atoms with E-state index in [4.69, 9.17) is 14.9 Å². The third-order valence-corrected chi connectivity index (χ3v) is 2.22. The van der Waals surface area contributed by atoms with Gasteiger partial charge in [-0.3, -0.25) is 0 Å². The van der Waals surface area contributed by atoms with Crippen molar-refractivity contribution in [2.24, 2.45) is 0 Å². The Kier molecular flexibility index (Phi) is 2.78. The van der Waals surface area contributed by atoms with Gasteiger partial charge in [-0.1, -0.05) is 0 Å². The van der Waals surface area contributed by atoms with Crippen LogP contribution in [-0.4, -0.2) is 34.8 Å². The minimum absolute atomic E-state index is 0.0231. The molecule has 53 valence electrons. The van der Waals surface area contributed by atoms with Crippen LogP contribution in [0.25, 0.3) is 0 Å². The molecule has 1 fully saturated rings. The predicted octanol–water partition coefficient (Wildman–Crippen LogP) is -0.409. The molecule has 3 nitrogen and oxygen atoms in total. The molecule has 2 N–H and O–H groups in total. The second-order valence-electron chi connectivity index (χ2n) is 1.85. The van der Waals surface area contributed by atoms with Gasteiger partial charge in [0.15, 0.2) is 0 Å². The van der Waals surface area contributed by atoms with Crippen LogP contribution in [0.5, 0.6) is 0 Å². The van der Waals surface area contributed by atoms with Crippen molar-refractivity contribution >= 4 is 11.8 Å². The van der Waals surface area contributed by atoms with E-state index in [1.54, 1.807) is 5.94 Å². The number of hydrogen-bond donors (Lipinski definition) is 2. The van der Waals surface area contributed by atoms with E-state index >= 15 is 0 Å². The fraction of sp³-hybridized carbons (Fsp3) is 0.800. The van der Waals surface area contributed by atoms with Gasteiger partial charge in [-0.15, -0.1) is 11.8 Å². The second-order valence-corrected chi connectivity index (χ2v) is 2.92. The van der Waals surface area contributed by atoms with E-state index in [0.717, 1.165) is 0 Å². The topological polar surface area (TPSA) is 49.7 Å². The summed E-state index contributed by atoms with van der Waals surface area (Å²) < 4.78 is 4.85. The van der Waals surface area contributed by atoms with Gasteiger partial charge in [0.2, 0.25) is 0 Å². The van der Waals surface area contributed by atoms with Crippen LogP contribution in [0.15, 0.2) is 0 Å². The largest absolute Gasteiger partial charge is 0.394 e. The van der Waals surface area contributed by atoms with Gasteiger partial charge in [-0.2, -0.15) is 0 Å². The maximum atomic E-state index is 8.99. The molecule has 0 spiro atoms. The SMILES string of the molecule is OCC(O)C1CO[CH]S1. The highest BCUT2D eigenvalue weighted by atomic mass is 32.2. The molecule has 0 aromatic rings. The van der Waals surface area contributed by atoms with Crippen LogP contribution in [0.2, 0.25) is 0 Å². The molecule has 0 amide bonds. The van der Waals surface area contributed by atoms with Crippen molar-refractivity contribution in [1.29, 1.82) is 0 Å². The Labute approximate surface area is 58.0 Å². The van der Waals surface area contributed by atoms with Crippen LogP contribution < -0.4 is 0 Å². The van der Waals surface area contributed by atoms with Crippen LogP contribution in [0, 0.1) is 5.94 Å². The van der Waals surface area contributed by atoms with Crippen molar-refractivity contribution in [2.75, 3.05) is 13.2 Å². The third kappa shape index (κ3) is 1.82. The van der Waals surface area contributed by atoms with Crippen molar-refractivity contribution in [3.05, 3.63) is 5.94 Å². The summed E-state index contributed by atoms with van der Waals surface area (Å²) in [6.45, 7) is 0.321. The van der Waals surface area contributed by atoms with E-state index in [0.29, 0.717) is 6.61 Å². The summed E-state index contributed by atoms with van der Waals surface area (Å²) in [5, 5.41) is 17.5. The van der Waals surface area contributed by atoms with Crippen molar-refractivity contribution in [3.8, 4) is 0 Å². The Balaban J connectivity index is 2.24. The molecular formula is C5H9O3S. The van der Waals surface area contributed by atoms with Gasteiger partial charge in [0, 0.05) is 0 Å². The van der Waals surface area contributed by atoms with Gasteiger partial charge in [0.25, 0.3) is 0 Å². The number of ether oxygens (including phenoxy) is 1. The molecule has 1 heterocycles. The Morgan fingerprint density at radius 2 is 2.67 bits per heavy atom. The Morgan fingerprint density at radius 3 is 3.11 bits per heavy atom. The van der Waals surface area contributed by atoms with Crippen molar-refractivity contribution in [1.82, 2.24) is 0 Å². The van der Waals surface area contributed by atoms with Gasteiger partial charge < -0.3 is 14.9 Å². The summed E-state index contributed by atoms with van der Waals surface area (Å²) in [5.41, 5.74) is 0. The van der Waals surface area contributed by atoms with Crippen molar-refractivity contribution in [3.63, 3.8) is 0 Å². The number of aliphatic hydroxyl groups is 2. The van der Waals surface area contributed by atoms with Crippen molar-refractivity contribution in [2.45, 2.75) is 11.4 Å². The van der Waals surface area contributed by atoms with Gasteiger partial charge >= 0.3 is 0 Å². The maximum Gasteiger partial charge on any atom is 0.139 e. The molecular weight excluding hydrogens is 140 g/mol. The summed E-state index contributed by atoms with van der Waals surface area (Å²) in [6, 6.07) is 0. The first-order valence-corrected chi connectivity index (χ1v) is 3.66. The molecule has 0 bridgehead atoms. The van der Waals surface area contributed by atoms with Gasteiger partial charge in [0.1, 0.15) is 5.94 Å². The molecule has 2 atom stereocenters. The standard InChI is InChI=1S/C5H9O3S/c6-1-4(7)5-2-8-3-9-5/h3-7H,1-2H2. The normalized spacial score (nSPS) is 30.7. The fourth-order valence-corrected chi connectivity index (χ4v) is 1.33. The van der Waals surface area contributed by atoms with Crippen LogP contribution in [0.3, 0.4) is 0 Å². The van der Waals surface area contributed by atoms with E-state index in [1.807, 2.05) is 0 Å². The highest BCUT2D eigenvalue weighted by Gasteiger charge is 2.23. The highest BCUT2D eigenvalue weighted by Crippen LogP contribution is 2.25. The van der Waals surface area contributed by atoms with Gasteiger partial charge in [0.05, 0.1) is 24.6 Å². The first-order valence-electron chi connectivity index (χ1n) is 2.72. The summed E-state index contributed by atoms with van der Waals surface area (Å²) in [6.07, 6.45) is -0.645. The zero-order valence-electron chi connectivity index (χ0n) is 4.86. The summed E-state index contributed by atoms with van der Waals surface area (Å²) >= 11 is 1.42. The molecule has 1 saturated heterocycles. The minimum Gasteiger partial charge on any atom is -0.394 e. The van der Waals surface area contributed by atoms with Crippen LogP contribution in [0.1, 0.15) is 0 Å².